The first kappa shape index (κ1) is 19.6. The van der Waals surface area contributed by atoms with Gasteiger partial charge in [0, 0.05) is 17.1 Å². The van der Waals surface area contributed by atoms with Crippen LogP contribution in [-0.4, -0.2) is 23.0 Å². The Bertz CT molecular complexity index is 1400. The number of imidazole rings is 1. The van der Waals surface area contributed by atoms with Crippen molar-refractivity contribution in [3.8, 4) is 11.8 Å². The molecular weight excluding hydrogens is 398 g/mol. The highest BCUT2D eigenvalue weighted by atomic mass is 32.2. The van der Waals surface area contributed by atoms with Gasteiger partial charge in [-0.05, 0) is 68.0 Å². The second kappa shape index (κ2) is 7.30. The lowest BCUT2D eigenvalue weighted by Gasteiger charge is -2.10. The molecule has 7 nitrogen and oxygen atoms in total. The number of aromatic nitrogens is 3. The molecule has 0 atom stereocenters. The van der Waals surface area contributed by atoms with E-state index in [1.165, 1.54) is 12.1 Å². The van der Waals surface area contributed by atoms with Crippen LogP contribution in [0.1, 0.15) is 22.8 Å². The molecule has 150 valence electrons. The minimum absolute atomic E-state index is 0.0606. The molecule has 4 aromatic rings. The van der Waals surface area contributed by atoms with Gasteiger partial charge in [-0.3, -0.25) is 0 Å². The molecule has 8 heteroatoms. The van der Waals surface area contributed by atoms with Gasteiger partial charge in [0.2, 0.25) is 10.0 Å². The van der Waals surface area contributed by atoms with E-state index in [4.69, 9.17) is 5.14 Å². The number of allylic oxidation sites excluding steroid dienone is 1. The smallest absolute Gasteiger partial charge is 0.238 e. The van der Waals surface area contributed by atoms with Gasteiger partial charge >= 0.3 is 0 Å². The Hall–Kier alpha value is -3.67. The Kier molecular flexibility index (Phi) is 4.78. The van der Waals surface area contributed by atoms with Crippen molar-refractivity contribution in [3.05, 3.63) is 77.4 Å². The summed E-state index contributed by atoms with van der Waals surface area (Å²) in [6, 6.07) is 18.2. The van der Waals surface area contributed by atoms with Crippen LogP contribution >= 0.6 is 0 Å². The first-order valence-electron chi connectivity index (χ1n) is 9.17. The van der Waals surface area contributed by atoms with E-state index in [0.29, 0.717) is 11.4 Å². The summed E-state index contributed by atoms with van der Waals surface area (Å²) in [6.45, 7) is 3.89. The number of aromatic amines is 1. The number of para-hydroxylation sites is 2. The molecule has 30 heavy (non-hydrogen) atoms. The Morgan fingerprint density at radius 3 is 2.50 bits per heavy atom. The summed E-state index contributed by atoms with van der Waals surface area (Å²) < 4.78 is 25.0. The van der Waals surface area contributed by atoms with Crippen molar-refractivity contribution >= 4 is 32.7 Å². The fraction of sp³-hybridized carbons (Fsp3) is 0.0909. The molecule has 2 heterocycles. The van der Waals surface area contributed by atoms with Crippen molar-refractivity contribution in [1.29, 1.82) is 5.26 Å². The second-order valence-electron chi connectivity index (χ2n) is 6.97. The topological polar surface area (TPSA) is 118 Å². The maximum atomic E-state index is 11.5. The molecule has 0 saturated carbocycles. The molecule has 3 N–H and O–H groups in total. The molecule has 0 aliphatic carbocycles. The minimum atomic E-state index is -3.74. The summed E-state index contributed by atoms with van der Waals surface area (Å²) in [7, 11) is -3.74. The van der Waals surface area contributed by atoms with Gasteiger partial charge in [-0.1, -0.05) is 12.1 Å². The zero-order chi connectivity index (χ0) is 21.5. The van der Waals surface area contributed by atoms with Crippen LogP contribution in [0.3, 0.4) is 0 Å². The van der Waals surface area contributed by atoms with Gasteiger partial charge in [0.1, 0.15) is 11.9 Å². The first-order chi connectivity index (χ1) is 14.3. The highest BCUT2D eigenvalue weighted by Gasteiger charge is 2.14. The Balaban J connectivity index is 1.76. The van der Waals surface area contributed by atoms with Crippen molar-refractivity contribution in [2.24, 2.45) is 5.14 Å². The molecule has 0 saturated heterocycles. The fourth-order valence-electron chi connectivity index (χ4n) is 3.51. The summed E-state index contributed by atoms with van der Waals surface area (Å²) in [4.78, 5) is 7.75. The minimum Gasteiger partial charge on any atom is -0.337 e. The molecule has 0 fully saturated rings. The van der Waals surface area contributed by atoms with Crippen LogP contribution in [0.5, 0.6) is 0 Å². The number of nitrogens with one attached hydrogen (secondary N) is 1. The van der Waals surface area contributed by atoms with Crippen LogP contribution in [0.4, 0.5) is 0 Å². The summed E-state index contributed by atoms with van der Waals surface area (Å²) in [5.74, 6) is 0.515. The first-order valence-corrected chi connectivity index (χ1v) is 10.7. The average molecular weight is 417 g/mol. The number of hydrogen-bond donors (Lipinski definition) is 2. The predicted molar refractivity (Wildman–Crippen MR) is 116 cm³/mol. The normalized spacial score (nSPS) is 12.3. The molecule has 0 aliphatic heterocycles. The molecular formula is C22H19N5O2S. The van der Waals surface area contributed by atoms with Gasteiger partial charge in [0.25, 0.3) is 0 Å². The van der Waals surface area contributed by atoms with E-state index in [1.807, 2.05) is 48.7 Å². The van der Waals surface area contributed by atoms with Crippen LogP contribution in [0.15, 0.2) is 59.5 Å². The van der Waals surface area contributed by atoms with E-state index in [1.54, 1.807) is 18.2 Å². The SMILES string of the molecule is Cc1cc(C=C(C#N)c2nc3ccccc3[nH]2)c(C)n1-c1ccc(S(N)(=O)=O)cc1. The maximum absolute atomic E-state index is 11.5. The zero-order valence-corrected chi connectivity index (χ0v) is 17.2. The van der Waals surface area contributed by atoms with Crippen LogP contribution in [-0.2, 0) is 10.0 Å². The lowest BCUT2D eigenvalue weighted by molar-refractivity contribution is 0.598. The zero-order valence-electron chi connectivity index (χ0n) is 16.4. The number of rotatable bonds is 4. The number of aryl methyl sites for hydroxylation is 1. The number of nitrogens with two attached hydrogens (primary N) is 1. The lowest BCUT2D eigenvalue weighted by atomic mass is 10.1. The van der Waals surface area contributed by atoms with Crippen LogP contribution in [0, 0.1) is 25.2 Å². The summed E-state index contributed by atoms with van der Waals surface area (Å²) in [5, 5.41) is 14.9. The Morgan fingerprint density at radius 2 is 1.87 bits per heavy atom. The Labute approximate surface area is 174 Å². The van der Waals surface area contributed by atoms with Gasteiger partial charge in [0.05, 0.1) is 21.5 Å². The summed E-state index contributed by atoms with van der Waals surface area (Å²) >= 11 is 0. The predicted octanol–water partition coefficient (Wildman–Crippen LogP) is 3.68. The van der Waals surface area contributed by atoms with Gasteiger partial charge in [-0.15, -0.1) is 0 Å². The second-order valence-corrected chi connectivity index (χ2v) is 8.53. The molecule has 0 spiro atoms. The number of sulfonamides is 1. The standard InChI is InChI=1S/C22H19N5O2S/c1-14-11-16(12-17(13-23)22-25-20-5-3-4-6-21(20)26-22)15(2)27(14)18-7-9-19(10-8-18)30(24,28)29/h3-12H,1-2H3,(H,25,26)(H2,24,28,29). The molecule has 2 aromatic carbocycles. The van der Waals surface area contributed by atoms with Gasteiger partial charge in [-0.25, -0.2) is 18.5 Å². The van der Waals surface area contributed by atoms with Crippen molar-refractivity contribution in [2.75, 3.05) is 0 Å². The third-order valence-corrected chi connectivity index (χ3v) is 5.89. The number of nitriles is 1. The van der Waals surface area contributed by atoms with E-state index in [0.717, 1.165) is 33.7 Å². The summed E-state index contributed by atoms with van der Waals surface area (Å²) in [5.41, 5.74) is 5.64. The molecule has 0 radical (unpaired) electrons. The lowest BCUT2D eigenvalue weighted by Crippen LogP contribution is -2.12. The van der Waals surface area contributed by atoms with Crippen LogP contribution in [0.25, 0.3) is 28.4 Å². The van der Waals surface area contributed by atoms with Gasteiger partial charge in [-0.2, -0.15) is 5.26 Å². The highest BCUT2D eigenvalue weighted by molar-refractivity contribution is 7.89. The average Bonchev–Trinajstić information content (AvgIpc) is 3.26. The van der Waals surface area contributed by atoms with Crippen molar-refractivity contribution < 1.29 is 8.42 Å². The quantitative estimate of drug-likeness (QED) is 0.492. The largest absolute Gasteiger partial charge is 0.337 e. The molecule has 0 aliphatic rings. The molecule has 4 rings (SSSR count). The van der Waals surface area contributed by atoms with Gasteiger partial charge in [0.15, 0.2) is 0 Å². The fourth-order valence-corrected chi connectivity index (χ4v) is 4.02. The number of fused-ring (bicyclic) bond motifs is 1. The highest BCUT2D eigenvalue weighted by Crippen LogP contribution is 2.26. The maximum Gasteiger partial charge on any atom is 0.238 e. The van der Waals surface area contributed by atoms with Crippen molar-refractivity contribution in [1.82, 2.24) is 14.5 Å². The number of primary sulfonamides is 1. The number of nitrogens with zero attached hydrogens (tertiary/aromatic N) is 3. The third-order valence-electron chi connectivity index (χ3n) is 4.96. The van der Waals surface area contributed by atoms with Crippen molar-refractivity contribution in [2.45, 2.75) is 18.7 Å². The monoisotopic (exact) mass is 417 g/mol. The number of benzene rings is 2. The number of H-pyrrole nitrogens is 1. The van der Waals surface area contributed by atoms with E-state index in [9.17, 15) is 13.7 Å². The van der Waals surface area contributed by atoms with Crippen LogP contribution in [0.2, 0.25) is 0 Å². The van der Waals surface area contributed by atoms with Gasteiger partial charge < -0.3 is 9.55 Å². The molecule has 0 amide bonds. The van der Waals surface area contributed by atoms with E-state index >= 15 is 0 Å². The van der Waals surface area contributed by atoms with Crippen molar-refractivity contribution in [3.63, 3.8) is 0 Å². The van der Waals surface area contributed by atoms with E-state index < -0.39 is 10.0 Å². The molecule has 0 bridgehead atoms. The Morgan fingerprint density at radius 1 is 1.17 bits per heavy atom. The van der Waals surface area contributed by atoms with Crippen LogP contribution < -0.4 is 5.14 Å². The molecule has 0 unspecified atom stereocenters. The van der Waals surface area contributed by atoms with E-state index in [2.05, 4.69) is 16.0 Å². The molecule has 2 aromatic heterocycles. The number of hydrogen-bond acceptors (Lipinski definition) is 4. The van der Waals surface area contributed by atoms with E-state index in [-0.39, 0.29) is 4.90 Å². The third kappa shape index (κ3) is 3.52. The summed E-state index contributed by atoms with van der Waals surface area (Å²) in [6.07, 6.45) is 1.80.